The molecule has 0 radical (unpaired) electrons. The lowest BCUT2D eigenvalue weighted by Crippen LogP contribution is -2.24. The summed E-state index contributed by atoms with van der Waals surface area (Å²) in [5.74, 6) is 0.0343. The van der Waals surface area contributed by atoms with E-state index in [9.17, 15) is 9.90 Å². The Morgan fingerprint density at radius 3 is 2.71 bits per heavy atom. The monoisotopic (exact) mass is 285 g/mol. The number of hydrogen-bond acceptors (Lipinski definition) is 4. The lowest BCUT2D eigenvalue weighted by molar-refractivity contribution is 0.249. The average Bonchev–Trinajstić information content (AvgIpc) is 2.49. The topological polar surface area (TPSA) is 108 Å². The number of nitrogens with one attached hydrogen (secondary N) is 1. The average molecular weight is 285 g/mol. The molecule has 6 nitrogen and oxygen atoms in total. The molecule has 2 rings (SSSR count). The molecule has 0 aromatic heterocycles. The van der Waals surface area contributed by atoms with E-state index in [1.807, 2.05) is 24.3 Å². The summed E-state index contributed by atoms with van der Waals surface area (Å²) in [4.78, 5) is 10.5. The van der Waals surface area contributed by atoms with Crippen LogP contribution in [0.3, 0.4) is 0 Å². The van der Waals surface area contributed by atoms with Gasteiger partial charge in [-0.3, -0.25) is 0 Å². The molecule has 0 aliphatic carbocycles. The molecule has 0 bridgehead atoms. The van der Waals surface area contributed by atoms with Crippen LogP contribution in [-0.4, -0.2) is 22.5 Å². The summed E-state index contributed by atoms with van der Waals surface area (Å²) in [5, 5.41) is 22.6. The van der Waals surface area contributed by atoms with Crippen molar-refractivity contribution in [1.29, 1.82) is 0 Å². The Hall–Kier alpha value is -2.86. The minimum atomic E-state index is -0.780. The molecule has 0 aliphatic heterocycles. The number of nitrogens with two attached hydrogens (primary N) is 1. The van der Waals surface area contributed by atoms with E-state index in [4.69, 9.17) is 10.8 Å². The second-order valence-corrected chi connectivity index (χ2v) is 4.37. The second kappa shape index (κ2) is 6.53. The number of aliphatic hydroxyl groups is 1. The molecule has 108 valence electrons. The fourth-order valence-electron chi connectivity index (χ4n) is 1.85. The van der Waals surface area contributed by atoms with Crippen LogP contribution >= 0.6 is 0 Å². The van der Waals surface area contributed by atoms with Gasteiger partial charge in [0, 0.05) is 5.56 Å². The van der Waals surface area contributed by atoms with Crippen molar-refractivity contribution in [2.24, 2.45) is 10.8 Å². The van der Waals surface area contributed by atoms with E-state index in [-0.39, 0.29) is 12.4 Å². The summed E-state index contributed by atoms with van der Waals surface area (Å²) in [7, 11) is 0. The molecular weight excluding hydrogens is 270 g/mol. The first-order valence-electron chi connectivity index (χ1n) is 6.22. The molecule has 0 aliphatic rings. The number of phenolic OH excluding ortho intramolecular Hbond substituents is 1. The second-order valence-electron chi connectivity index (χ2n) is 4.37. The van der Waals surface area contributed by atoms with Crippen LogP contribution in [0.1, 0.15) is 11.1 Å². The number of amides is 2. The molecule has 0 spiro atoms. The lowest BCUT2D eigenvalue weighted by Gasteiger charge is -2.06. The number of aromatic hydroxyl groups is 1. The van der Waals surface area contributed by atoms with Gasteiger partial charge >= 0.3 is 6.03 Å². The molecule has 0 unspecified atom stereocenters. The van der Waals surface area contributed by atoms with Crippen LogP contribution in [0.2, 0.25) is 0 Å². The summed E-state index contributed by atoms with van der Waals surface area (Å²) in [6.45, 7) is -0.0389. The maximum atomic E-state index is 10.5. The molecule has 2 amide bonds. The van der Waals surface area contributed by atoms with Crippen LogP contribution < -0.4 is 11.2 Å². The molecule has 2 aromatic rings. The van der Waals surface area contributed by atoms with Crippen molar-refractivity contribution in [1.82, 2.24) is 5.43 Å². The number of benzene rings is 2. The highest BCUT2D eigenvalue weighted by atomic mass is 16.3. The van der Waals surface area contributed by atoms with Gasteiger partial charge in [-0.1, -0.05) is 24.3 Å². The van der Waals surface area contributed by atoms with Gasteiger partial charge in [-0.15, -0.1) is 0 Å². The number of hydrogen-bond donors (Lipinski definition) is 4. The van der Waals surface area contributed by atoms with Crippen LogP contribution in [0.15, 0.2) is 47.6 Å². The predicted molar refractivity (Wildman–Crippen MR) is 79.8 cm³/mol. The zero-order valence-corrected chi connectivity index (χ0v) is 11.2. The minimum absolute atomic E-state index is 0.0343. The molecule has 0 saturated carbocycles. The maximum Gasteiger partial charge on any atom is 0.332 e. The minimum Gasteiger partial charge on any atom is -0.507 e. The summed E-state index contributed by atoms with van der Waals surface area (Å²) in [6.07, 6.45) is 1.31. The Kier molecular flexibility index (Phi) is 4.53. The van der Waals surface area contributed by atoms with E-state index in [0.29, 0.717) is 5.56 Å². The van der Waals surface area contributed by atoms with E-state index >= 15 is 0 Å². The van der Waals surface area contributed by atoms with Gasteiger partial charge < -0.3 is 15.9 Å². The first kappa shape index (κ1) is 14.5. The van der Waals surface area contributed by atoms with Crippen molar-refractivity contribution in [3.63, 3.8) is 0 Å². The van der Waals surface area contributed by atoms with Gasteiger partial charge in [0.25, 0.3) is 0 Å². The van der Waals surface area contributed by atoms with Gasteiger partial charge in [0.1, 0.15) is 5.75 Å². The first-order chi connectivity index (χ1) is 10.1. The number of carbonyl (C=O) groups excluding carboxylic acids is 1. The SMILES string of the molecule is NC(=O)N/N=C/c1cc(-c2cccc(CO)c2)ccc1O. The molecule has 0 atom stereocenters. The van der Waals surface area contributed by atoms with Gasteiger partial charge in [0.15, 0.2) is 0 Å². The van der Waals surface area contributed by atoms with Crippen molar-refractivity contribution < 1.29 is 15.0 Å². The van der Waals surface area contributed by atoms with Crippen LogP contribution in [0.25, 0.3) is 11.1 Å². The Morgan fingerprint density at radius 1 is 1.24 bits per heavy atom. The zero-order chi connectivity index (χ0) is 15.2. The van der Waals surface area contributed by atoms with E-state index < -0.39 is 6.03 Å². The quantitative estimate of drug-likeness (QED) is 0.505. The van der Waals surface area contributed by atoms with Crippen molar-refractivity contribution in [2.45, 2.75) is 6.61 Å². The van der Waals surface area contributed by atoms with Crippen LogP contribution in [0.5, 0.6) is 5.75 Å². The summed E-state index contributed by atoms with van der Waals surface area (Å²) < 4.78 is 0. The molecule has 5 N–H and O–H groups in total. The van der Waals surface area contributed by atoms with Crippen molar-refractivity contribution in [3.8, 4) is 16.9 Å². The van der Waals surface area contributed by atoms with Crippen LogP contribution in [-0.2, 0) is 6.61 Å². The van der Waals surface area contributed by atoms with Gasteiger partial charge in [-0.05, 0) is 34.9 Å². The smallest absolute Gasteiger partial charge is 0.332 e. The van der Waals surface area contributed by atoms with E-state index in [1.165, 1.54) is 12.3 Å². The molecule has 0 saturated heterocycles. The van der Waals surface area contributed by atoms with Crippen LogP contribution in [0.4, 0.5) is 4.79 Å². The number of aliphatic hydroxyl groups excluding tert-OH is 1. The van der Waals surface area contributed by atoms with Crippen molar-refractivity contribution >= 4 is 12.2 Å². The summed E-state index contributed by atoms with van der Waals surface area (Å²) in [6, 6.07) is 11.6. The largest absolute Gasteiger partial charge is 0.507 e. The number of urea groups is 1. The van der Waals surface area contributed by atoms with Gasteiger partial charge in [-0.2, -0.15) is 5.10 Å². The van der Waals surface area contributed by atoms with Gasteiger partial charge in [0.2, 0.25) is 0 Å². The standard InChI is InChI=1S/C15H15N3O3/c16-15(21)18-17-8-13-7-12(4-5-14(13)20)11-3-1-2-10(6-11)9-19/h1-8,19-20H,9H2,(H3,16,18,21)/b17-8+. The third-order valence-electron chi connectivity index (χ3n) is 2.85. The molecule has 2 aromatic carbocycles. The first-order valence-corrected chi connectivity index (χ1v) is 6.22. The van der Waals surface area contributed by atoms with Gasteiger partial charge in [-0.25, -0.2) is 10.2 Å². The molecule has 0 fully saturated rings. The summed E-state index contributed by atoms with van der Waals surface area (Å²) >= 11 is 0. The predicted octanol–water partition coefficient (Wildman–Crippen LogP) is 1.55. The number of hydrazone groups is 1. The maximum absolute atomic E-state index is 10.5. The number of phenols is 1. The summed E-state index contributed by atoms with van der Waals surface area (Å²) in [5.41, 5.74) is 9.95. The Morgan fingerprint density at radius 2 is 2.00 bits per heavy atom. The van der Waals surface area contributed by atoms with Crippen LogP contribution in [0, 0.1) is 0 Å². The zero-order valence-electron chi connectivity index (χ0n) is 11.2. The highest BCUT2D eigenvalue weighted by molar-refractivity contribution is 5.87. The fraction of sp³-hybridized carbons (Fsp3) is 0.0667. The number of primary amides is 1. The lowest BCUT2D eigenvalue weighted by atomic mass is 10.0. The van der Waals surface area contributed by atoms with Crippen molar-refractivity contribution in [3.05, 3.63) is 53.6 Å². The fourth-order valence-corrected chi connectivity index (χ4v) is 1.85. The van der Waals surface area contributed by atoms with E-state index in [2.05, 4.69) is 10.5 Å². The third-order valence-corrected chi connectivity index (χ3v) is 2.85. The van der Waals surface area contributed by atoms with E-state index in [1.54, 1.807) is 12.1 Å². The normalized spacial score (nSPS) is 10.7. The highest BCUT2D eigenvalue weighted by Crippen LogP contribution is 2.25. The number of carbonyl (C=O) groups is 1. The Bertz CT molecular complexity index is 684. The number of rotatable bonds is 4. The molecule has 0 heterocycles. The Labute approximate surface area is 121 Å². The molecule has 6 heteroatoms. The molecule has 21 heavy (non-hydrogen) atoms. The van der Waals surface area contributed by atoms with Crippen molar-refractivity contribution in [2.75, 3.05) is 0 Å². The van der Waals surface area contributed by atoms with Gasteiger partial charge in [0.05, 0.1) is 12.8 Å². The highest BCUT2D eigenvalue weighted by Gasteiger charge is 2.04. The Balaban J connectivity index is 2.33. The number of nitrogens with zero attached hydrogens (tertiary/aromatic N) is 1. The molecular formula is C15H15N3O3. The van der Waals surface area contributed by atoms with E-state index in [0.717, 1.165) is 16.7 Å². The third kappa shape index (κ3) is 3.80.